The fourth-order valence-corrected chi connectivity index (χ4v) is 8.52. The van der Waals surface area contributed by atoms with Crippen LogP contribution in [-0.4, -0.2) is 17.0 Å². The number of carbonyl (C=O) groups is 1. The van der Waals surface area contributed by atoms with Crippen molar-refractivity contribution in [3.8, 4) is 0 Å². The highest BCUT2D eigenvalue weighted by Gasteiger charge is 2.60. The number of Topliss-reactive ketones (excluding diaryl/α,β-unsaturated/α-hetero) is 1. The molecule has 3 saturated carbocycles. The smallest absolute Gasteiger partial charge is 0.145 e. The first kappa shape index (κ1) is 21.6. The van der Waals surface area contributed by atoms with Gasteiger partial charge in [-0.15, -0.1) is 0 Å². The molecule has 0 aromatic rings. The lowest BCUT2D eigenvalue weighted by Crippen LogP contribution is -2.54. The minimum Gasteiger partial charge on any atom is -0.392 e. The van der Waals surface area contributed by atoms with Crippen LogP contribution >= 0.6 is 0 Å². The van der Waals surface area contributed by atoms with Gasteiger partial charge in [-0.2, -0.15) is 0 Å². The molecule has 29 heavy (non-hydrogen) atoms. The Morgan fingerprint density at radius 1 is 1.07 bits per heavy atom. The fourth-order valence-electron chi connectivity index (χ4n) is 8.52. The average Bonchev–Trinajstić information content (AvgIpc) is 3.00. The Bertz CT molecular complexity index is 663. The summed E-state index contributed by atoms with van der Waals surface area (Å²) in [6.07, 6.45) is 13.6. The summed E-state index contributed by atoms with van der Waals surface area (Å²) < 4.78 is 0. The molecule has 0 aliphatic heterocycles. The summed E-state index contributed by atoms with van der Waals surface area (Å²) in [5.74, 6) is 4.80. The minimum atomic E-state index is -0.449. The Morgan fingerprint density at radius 2 is 1.83 bits per heavy atom. The summed E-state index contributed by atoms with van der Waals surface area (Å²) >= 11 is 0. The van der Waals surface area contributed by atoms with Gasteiger partial charge >= 0.3 is 0 Å². The lowest BCUT2D eigenvalue weighted by molar-refractivity contribution is -0.140. The number of allylic oxidation sites excluding steroid dienone is 1. The number of aliphatic hydroxyl groups excluding tert-OH is 1. The van der Waals surface area contributed by atoms with Gasteiger partial charge < -0.3 is 5.11 Å². The molecule has 1 N–H and O–H groups in total. The number of fused-ring (bicyclic) bond motifs is 5. The van der Waals surface area contributed by atoms with Crippen LogP contribution in [0.2, 0.25) is 0 Å². The van der Waals surface area contributed by atoms with Crippen LogP contribution in [0.4, 0.5) is 0 Å². The van der Waals surface area contributed by atoms with E-state index >= 15 is 0 Å². The van der Waals surface area contributed by atoms with Gasteiger partial charge in [0.15, 0.2) is 0 Å². The maximum atomic E-state index is 13.1. The third-order valence-corrected chi connectivity index (χ3v) is 10.1. The molecule has 3 fully saturated rings. The molecule has 0 aromatic heterocycles. The van der Waals surface area contributed by atoms with Crippen LogP contribution in [-0.2, 0) is 4.79 Å². The lowest BCUT2D eigenvalue weighted by atomic mass is 9.46. The lowest BCUT2D eigenvalue weighted by Gasteiger charge is -2.57. The molecular weight excluding hydrogens is 356 g/mol. The highest BCUT2D eigenvalue weighted by atomic mass is 16.3. The standard InChI is InChI=1S/C27H44O2/c1-17(2)7-6-8-18(3)22-11-12-23-21-10-9-19-15-20(28)16-25(29)27(19,5)24(21)13-14-26(22,23)4/h9,17-18,20-24,28H,6-8,10-16H2,1-5H3/t18-,20-,21+,22-,23+,24+,26-,27+/m1/s1. The first-order valence-corrected chi connectivity index (χ1v) is 12.6. The molecule has 4 aliphatic carbocycles. The van der Waals surface area contributed by atoms with E-state index in [1.54, 1.807) is 0 Å². The number of hydrogen-bond acceptors (Lipinski definition) is 2. The fraction of sp³-hybridized carbons (Fsp3) is 0.889. The normalized spacial score (nSPS) is 45.4. The Hall–Kier alpha value is -0.630. The predicted octanol–water partition coefficient (Wildman–Crippen LogP) is 6.57. The molecule has 0 saturated heterocycles. The molecular formula is C27H44O2. The van der Waals surface area contributed by atoms with Crippen molar-refractivity contribution in [3.63, 3.8) is 0 Å². The molecule has 2 nitrogen and oxygen atoms in total. The second-order valence-electron chi connectivity index (χ2n) is 12.1. The topological polar surface area (TPSA) is 37.3 Å². The zero-order valence-corrected chi connectivity index (χ0v) is 19.5. The predicted molar refractivity (Wildman–Crippen MR) is 119 cm³/mol. The van der Waals surface area contributed by atoms with Crippen molar-refractivity contribution in [2.24, 2.45) is 46.3 Å². The van der Waals surface area contributed by atoms with Gasteiger partial charge in [0.1, 0.15) is 5.78 Å². The van der Waals surface area contributed by atoms with Gasteiger partial charge in [-0.05, 0) is 86.4 Å². The van der Waals surface area contributed by atoms with Crippen molar-refractivity contribution in [1.82, 2.24) is 0 Å². The molecule has 8 atom stereocenters. The molecule has 0 bridgehead atoms. The van der Waals surface area contributed by atoms with Crippen LogP contribution in [0.15, 0.2) is 11.6 Å². The van der Waals surface area contributed by atoms with Crippen molar-refractivity contribution in [1.29, 1.82) is 0 Å². The summed E-state index contributed by atoms with van der Waals surface area (Å²) in [6, 6.07) is 0. The quantitative estimate of drug-likeness (QED) is 0.530. The molecule has 164 valence electrons. The van der Waals surface area contributed by atoms with Crippen LogP contribution in [0.3, 0.4) is 0 Å². The van der Waals surface area contributed by atoms with E-state index in [2.05, 4.69) is 40.7 Å². The highest BCUT2D eigenvalue weighted by molar-refractivity contribution is 5.90. The monoisotopic (exact) mass is 400 g/mol. The molecule has 4 aliphatic rings. The van der Waals surface area contributed by atoms with Crippen LogP contribution in [0, 0.1) is 46.3 Å². The molecule has 0 aromatic carbocycles. The molecule has 0 radical (unpaired) electrons. The Labute approximate surface area is 178 Å². The van der Waals surface area contributed by atoms with Gasteiger partial charge in [-0.3, -0.25) is 4.79 Å². The van der Waals surface area contributed by atoms with Crippen molar-refractivity contribution >= 4 is 5.78 Å². The Balaban J connectivity index is 1.52. The van der Waals surface area contributed by atoms with Gasteiger partial charge in [0, 0.05) is 6.42 Å². The first-order chi connectivity index (χ1) is 13.7. The summed E-state index contributed by atoms with van der Waals surface area (Å²) in [5.41, 5.74) is 1.45. The third kappa shape index (κ3) is 3.46. The van der Waals surface area contributed by atoms with E-state index in [-0.39, 0.29) is 5.41 Å². The number of ketones is 1. The SMILES string of the molecule is CC(C)CCC[C@@H](C)[C@H]1CC[C@H]2[C@@H]3CC=C4C[C@@H](O)CC(=O)[C@]4(C)[C@H]3CC[C@]12C. The Morgan fingerprint density at radius 3 is 2.55 bits per heavy atom. The van der Waals surface area contributed by atoms with Crippen LogP contribution in [0.25, 0.3) is 0 Å². The summed E-state index contributed by atoms with van der Waals surface area (Å²) in [6.45, 7) is 12.1. The van der Waals surface area contributed by atoms with Gasteiger partial charge in [0.05, 0.1) is 11.5 Å². The first-order valence-electron chi connectivity index (χ1n) is 12.6. The van der Waals surface area contributed by atoms with E-state index in [1.165, 1.54) is 50.5 Å². The molecule has 0 amide bonds. The summed E-state index contributed by atoms with van der Waals surface area (Å²) in [5, 5.41) is 10.2. The summed E-state index contributed by atoms with van der Waals surface area (Å²) in [7, 11) is 0. The van der Waals surface area contributed by atoms with Gasteiger partial charge in [0.2, 0.25) is 0 Å². The van der Waals surface area contributed by atoms with Gasteiger partial charge in [-0.25, -0.2) is 0 Å². The van der Waals surface area contributed by atoms with Gasteiger partial charge in [0.25, 0.3) is 0 Å². The van der Waals surface area contributed by atoms with Gasteiger partial charge in [-0.1, -0.05) is 58.6 Å². The number of carbonyl (C=O) groups excluding carboxylic acids is 1. The maximum Gasteiger partial charge on any atom is 0.145 e. The molecule has 4 rings (SSSR count). The van der Waals surface area contributed by atoms with Crippen molar-refractivity contribution in [3.05, 3.63) is 11.6 Å². The number of aliphatic hydroxyl groups is 1. The zero-order valence-electron chi connectivity index (χ0n) is 19.5. The van der Waals surface area contributed by atoms with Crippen LogP contribution in [0.5, 0.6) is 0 Å². The molecule has 0 spiro atoms. The van der Waals surface area contributed by atoms with E-state index in [9.17, 15) is 9.90 Å². The van der Waals surface area contributed by atoms with E-state index in [0.717, 1.165) is 36.5 Å². The number of hydrogen-bond donors (Lipinski definition) is 1. The van der Waals surface area contributed by atoms with E-state index in [1.807, 2.05) is 0 Å². The molecule has 0 unspecified atom stereocenters. The third-order valence-electron chi connectivity index (χ3n) is 10.1. The molecule has 0 heterocycles. The molecule has 2 heteroatoms. The summed E-state index contributed by atoms with van der Waals surface area (Å²) in [4.78, 5) is 13.1. The number of rotatable bonds is 5. The second kappa shape index (κ2) is 7.81. The largest absolute Gasteiger partial charge is 0.392 e. The van der Waals surface area contributed by atoms with Crippen molar-refractivity contribution in [2.45, 2.75) is 105 Å². The zero-order chi connectivity index (χ0) is 21.0. The average molecular weight is 401 g/mol. The van der Waals surface area contributed by atoms with Crippen LogP contribution < -0.4 is 0 Å². The highest BCUT2D eigenvalue weighted by Crippen LogP contribution is 2.66. The Kier molecular flexibility index (Phi) is 5.82. The maximum absolute atomic E-state index is 13.1. The van der Waals surface area contributed by atoms with E-state index in [0.29, 0.717) is 29.5 Å². The van der Waals surface area contributed by atoms with Crippen LogP contribution in [0.1, 0.15) is 98.8 Å². The van der Waals surface area contributed by atoms with E-state index < -0.39 is 6.10 Å². The minimum absolute atomic E-state index is 0.287. The van der Waals surface area contributed by atoms with E-state index in [4.69, 9.17) is 0 Å². The van der Waals surface area contributed by atoms with Crippen molar-refractivity contribution in [2.75, 3.05) is 0 Å². The van der Waals surface area contributed by atoms with Crippen molar-refractivity contribution < 1.29 is 9.90 Å². The second-order valence-corrected chi connectivity index (χ2v) is 12.1.